The van der Waals surface area contributed by atoms with Crippen molar-refractivity contribution in [1.82, 2.24) is 4.98 Å². The fourth-order valence-corrected chi connectivity index (χ4v) is 1.29. The number of hydrogen-bond acceptors (Lipinski definition) is 6. The van der Waals surface area contributed by atoms with Crippen molar-refractivity contribution in [3.63, 3.8) is 0 Å². The average Bonchev–Trinajstić information content (AvgIpc) is 2.18. The SMILES string of the molecule is O=[N+]([O-])c1ccc([O-])c2ncccc12.[Bi+3].[OH-].[OH-]. The molecule has 0 saturated carbocycles. The van der Waals surface area contributed by atoms with Gasteiger partial charge in [0, 0.05) is 12.3 Å². The van der Waals surface area contributed by atoms with E-state index in [1.165, 1.54) is 18.3 Å². The van der Waals surface area contributed by atoms with Gasteiger partial charge in [0.25, 0.3) is 5.69 Å². The molecular weight excluding hydrogens is 425 g/mol. The average molecular weight is 432 g/mol. The topological polar surface area (TPSA) is 139 Å². The number of rotatable bonds is 1. The molecule has 2 radical (unpaired) electrons. The van der Waals surface area contributed by atoms with Crippen molar-refractivity contribution in [1.29, 1.82) is 0 Å². The molecule has 0 aliphatic carbocycles. The zero-order valence-corrected chi connectivity index (χ0v) is 11.8. The predicted octanol–water partition coefficient (Wildman–Crippen LogP) is 0.482. The van der Waals surface area contributed by atoms with Crippen LogP contribution >= 0.6 is 0 Å². The summed E-state index contributed by atoms with van der Waals surface area (Å²) in [5, 5.41) is 22.2. The number of hydrogen-bond donors (Lipinski definition) is 0. The largest absolute Gasteiger partial charge is 3.00 e. The molecule has 0 spiro atoms. The molecule has 2 aromatic rings. The molecule has 88 valence electrons. The molecule has 7 nitrogen and oxygen atoms in total. The van der Waals surface area contributed by atoms with E-state index in [-0.39, 0.29) is 59.5 Å². The molecule has 0 atom stereocenters. The quantitative estimate of drug-likeness (QED) is 0.365. The van der Waals surface area contributed by atoms with Crippen LogP contribution < -0.4 is 5.11 Å². The van der Waals surface area contributed by atoms with E-state index in [1.807, 2.05) is 0 Å². The summed E-state index contributed by atoms with van der Waals surface area (Å²) in [7, 11) is 0. The number of nitro groups is 1. The third kappa shape index (κ3) is 3.29. The monoisotopic (exact) mass is 432 g/mol. The maximum Gasteiger partial charge on any atom is 3.00 e. The minimum Gasteiger partial charge on any atom is -0.871 e. The van der Waals surface area contributed by atoms with Crippen molar-refractivity contribution in [2.75, 3.05) is 0 Å². The first-order valence-corrected chi connectivity index (χ1v) is 3.89. The second kappa shape index (κ2) is 7.06. The van der Waals surface area contributed by atoms with Crippen LogP contribution in [0.25, 0.3) is 10.9 Å². The van der Waals surface area contributed by atoms with E-state index in [0.29, 0.717) is 0 Å². The molecule has 1 aromatic heterocycles. The Morgan fingerprint density at radius 1 is 1.18 bits per heavy atom. The van der Waals surface area contributed by atoms with E-state index >= 15 is 0 Å². The van der Waals surface area contributed by atoms with Gasteiger partial charge < -0.3 is 16.1 Å². The molecule has 0 aliphatic rings. The summed E-state index contributed by atoms with van der Waals surface area (Å²) in [6.45, 7) is 0. The third-order valence-electron chi connectivity index (χ3n) is 1.91. The van der Waals surface area contributed by atoms with Crippen LogP contribution in [0.4, 0.5) is 5.69 Å². The first-order chi connectivity index (χ1) is 6.70. The van der Waals surface area contributed by atoms with Gasteiger partial charge in [-0.15, -0.1) is 0 Å². The molecule has 0 amide bonds. The smallest absolute Gasteiger partial charge is 0.871 e. The molecule has 1 heterocycles. The standard InChI is InChI=1S/C9H6N2O3.Bi.2H2O/c12-8-4-3-7(11(13)14)6-2-1-5-10-9(6)8;;;/h1-5,12H;;2*1H2/q;+3;;/p-3. The fourth-order valence-electron chi connectivity index (χ4n) is 1.29. The molecule has 0 fully saturated rings. The predicted molar refractivity (Wildman–Crippen MR) is 57.5 cm³/mol. The summed E-state index contributed by atoms with van der Waals surface area (Å²) in [4.78, 5) is 13.9. The Balaban J connectivity index is 0. The number of pyridine rings is 1. The van der Waals surface area contributed by atoms with Crippen LogP contribution in [0.5, 0.6) is 5.75 Å². The van der Waals surface area contributed by atoms with Crippen molar-refractivity contribution in [3.05, 3.63) is 40.6 Å². The summed E-state index contributed by atoms with van der Waals surface area (Å²) in [5.74, 6) is -0.300. The Kier molecular flexibility index (Phi) is 7.48. The van der Waals surface area contributed by atoms with Crippen LogP contribution in [0.15, 0.2) is 30.5 Å². The molecule has 2 N–H and O–H groups in total. The van der Waals surface area contributed by atoms with Gasteiger partial charge >= 0.3 is 26.2 Å². The van der Waals surface area contributed by atoms with Crippen LogP contribution in [0, 0.1) is 10.1 Å². The first-order valence-electron chi connectivity index (χ1n) is 3.89. The van der Waals surface area contributed by atoms with E-state index in [9.17, 15) is 15.2 Å². The van der Waals surface area contributed by atoms with Gasteiger partial charge in [0.1, 0.15) is 0 Å². The Hall–Kier alpha value is -1.37. The fraction of sp³-hybridized carbons (Fsp3) is 0. The normalized spacial score (nSPS) is 8.47. The molecular formula is C9H7BiN2O5. The maximum atomic E-state index is 11.3. The number of benzene rings is 1. The van der Waals surface area contributed by atoms with Crippen molar-refractivity contribution < 1.29 is 21.0 Å². The van der Waals surface area contributed by atoms with Gasteiger partial charge in [-0.3, -0.25) is 15.1 Å². The van der Waals surface area contributed by atoms with Crippen molar-refractivity contribution in [2.45, 2.75) is 0 Å². The minimum absolute atomic E-state index is 0. The molecule has 0 bridgehead atoms. The van der Waals surface area contributed by atoms with E-state index in [4.69, 9.17) is 0 Å². The van der Waals surface area contributed by atoms with Gasteiger partial charge in [0.05, 0.1) is 15.8 Å². The second-order valence-corrected chi connectivity index (χ2v) is 2.74. The molecule has 1 aromatic carbocycles. The summed E-state index contributed by atoms with van der Waals surface area (Å²) in [6.07, 6.45) is 1.44. The summed E-state index contributed by atoms with van der Waals surface area (Å²) < 4.78 is 0. The van der Waals surface area contributed by atoms with Gasteiger partial charge in [-0.25, -0.2) is 0 Å². The van der Waals surface area contributed by atoms with Crippen LogP contribution in [0.1, 0.15) is 0 Å². The van der Waals surface area contributed by atoms with Crippen molar-refractivity contribution >= 4 is 42.8 Å². The van der Waals surface area contributed by atoms with E-state index in [1.54, 1.807) is 6.07 Å². The second-order valence-electron chi connectivity index (χ2n) is 2.74. The Morgan fingerprint density at radius 2 is 1.82 bits per heavy atom. The Bertz CT molecular complexity index is 520. The molecule has 17 heavy (non-hydrogen) atoms. The molecule has 8 heteroatoms. The zero-order valence-electron chi connectivity index (χ0n) is 8.35. The first kappa shape index (κ1) is 18.0. The van der Waals surface area contributed by atoms with E-state index in [2.05, 4.69) is 4.98 Å². The zero-order chi connectivity index (χ0) is 10.1. The summed E-state index contributed by atoms with van der Waals surface area (Å²) in [5.41, 5.74) is 0.0504. The van der Waals surface area contributed by atoms with E-state index < -0.39 is 4.92 Å². The number of fused-ring (bicyclic) bond motifs is 1. The summed E-state index contributed by atoms with van der Waals surface area (Å²) >= 11 is 0. The number of aromatic nitrogens is 1. The van der Waals surface area contributed by atoms with Gasteiger partial charge in [-0.1, -0.05) is 11.8 Å². The third-order valence-corrected chi connectivity index (χ3v) is 1.91. The van der Waals surface area contributed by atoms with Gasteiger partial charge in [-0.05, 0) is 12.1 Å². The van der Waals surface area contributed by atoms with Gasteiger partial charge in [0.2, 0.25) is 0 Å². The number of nitrogens with zero attached hydrogens (tertiary/aromatic N) is 2. The van der Waals surface area contributed by atoms with Gasteiger partial charge in [-0.2, -0.15) is 0 Å². The Morgan fingerprint density at radius 3 is 2.41 bits per heavy atom. The minimum atomic E-state index is -0.524. The molecule has 0 aliphatic heterocycles. The van der Waals surface area contributed by atoms with Crippen LogP contribution in [0.3, 0.4) is 0 Å². The van der Waals surface area contributed by atoms with Gasteiger partial charge in [0.15, 0.2) is 0 Å². The van der Waals surface area contributed by atoms with Crippen LogP contribution in [-0.2, 0) is 0 Å². The van der Waals surface area contributed by atoms with Crippen LogP contribution in [-0.4, -0.2) is 47.1 Å². The number of non-ortho nitro benzene ring substituents is 1. The Labute approximate surface area is 115 Å². The maximum absolute atomic E-state index is 11.3. The van der Waals surface area contributed by atoms with Crippen molar-refractivity contribution in [2.24, 2.45) is 0 Å². The number of nitro benzene ring substituents is 1. The molecule has 0 saturated heterocycles. The molecule has 2 rings (SSSR count). The summed E-state index contributed by atoms with van der Waals surface area (Å²) in [6, 6.07) is 5.44. The van der Waals surface area contributed by atoms with Crippen LogP contribution in [0.2, 0.25) is 0 Å². The van der Waals surface area contributed by atoms with E-state index in [0.717, 1.165) is 6.07 Å². The molecule has 0 unspecified atom stereocenters. The van der Waals surface area contributed by atoms with Crippen molar-refractivity contribution in [3.8, 4) is 5.75 Å².